The largest absolute Gasteiger partial charge is 0.395 e. The van der Waals surface area contributed by atoms with Gasteiger partial charge in [0.05, 0.1) is 6.61 Å². The summed E-state index contributed by atoms with van der Waals surface area (Å²) in [5, 5.41) is 9.62. The number of aliphatic hydroxyl groups excluding tert-OH is 1. The van der Waals surface area contributed by atoms with Crippen LogP contribution >= 0.6 is 11.6 Å². The monoisotopic (exact) mass is 304 g/mol. The summed E-state index contributed by atoms with van der Waals surface area (Å²) in [6.45, 7) is 0.721. The lowest BCUT2D eigenvalue weighted by molar-refractivity contribution is 0.0718. The molecule has 1 N–H and O–H groups in total. The van der Waals surface area contributed by atoms with Crippen molar-refractivity contribution in [1.82, 2.24) is 9.88 Å². The van der Waals surface area contributed by atoms with Gasteiger partial charge in [-0.1, -0.05) is 41.9 Å². The molecule has 1 aromatic heterocycles. The van der Waals surface area contributed by atoms with Crippen LogP contribution in [0.15, 0.2) is 48.7 Å². The van der Waals surface area contributed by atoms with Gasteiger partial charge in [0, 0.05) is 24.3 Å². The molecule has 0 aliphatic heterocycles. The van der Waals surface area contributed by atoms with Crippen LogP contribution in [0.2, 0.25) is 5.02 Å². The summed E-state index contributed by atoms with van der Waals surface area (Å²) in [7, 11) is 0. The molecule has 0 spiro atoms. The van der Waals surface area contributed by atoms with E-state index in [9.17, 15) is 4.79 Å². The number of aromatic nitrogens is 1. The Morgan fingerprint density at radius 1 is 1.19 bits per heavy atom. The maximum absolute atomic E-state index is 12.4. The van der Waals surface area contributed by atoms with Crippen molar-refractivity contribution in [3.05, 3.63) is 64.9 Å². The molecule has 0 bridgehead atoms. The predicted octanol–water partition coefficient (Wildman–Crippen LogP) is 2.41. The van der Waals surface area contributed by atoms with E-state index in [-0.39, 0.29) is 19.1 Å². The molecule has 2 aromatic rings. The van der Waals surface area contributed by atoms with Crippen LogP contribution < -0.4 is 0 Å². The van der Waals surface area contributed by atoms with Crippen molar-refractivity contribution < 1.29 is 9.90 Å². The number of rotatable bonds is 6. The Bertz CT molecular complexity index is 590. The van der Waals surface area contributed by atoms with Crippen molar-refractivity contribution in [2.75, 3.05) is 19.7 Å². The smallest absolute Gasteiger partial charge is 0.272 e. The Morgan fingerprint density at radius 3 is 2.62 bits per heavy atom. The molecule has 2 rings (SSSR count). The first-order valence-electron chi connectivity index (χ1n) is 6.76. The Balaban J connectivity index is 2.06. The summed E-state index contributed by atoms with van der Waals surface area (Å²) in [6, 6.07) is 13.1. The fourth-order valence-corrected chi connectivity index (χ4v) is 2.19. The predicted molar refractivity (Wildman–Crippen MR) is 82.4 cm³/mol. The second-order valence-corrected chi connectivity index (χ2v) is 5.05. The highest BCUT2D eigenvalue weighted by atomic mass is 35.5. The number of aliphatic hydroxyl groups is 1. The number of halogens is 1. The third kappa shape index (κ3) is 4.55. The molecule has 0 saturated carbocycles. The number of pyridine rings is 1. The van der Waals surface area contributed by atoms with E-state index in [1.54, 1.807) is 11.0 Å². The first-order chi connectivity index (χ1) is 10.2. The highest BCUT2D eigenvalue weighted by molar-refractivity contribution is 6.30. The third-order valence-corrected chi connectivity index (χ3v) is 3.35. The van der Waals surface area contributed by atoms with Gasteiger partial charge in [0.1, 0.15) is 5.69 Å². The van der Waals surface area contributed by atoms with Crippen molar-refractivity contribution in [2.45, 2.75) is 6.42 Å². The molecule has 0 aliphatic rings. The first-order valence-corrected chi connectivity index (χ1v) is 7.14. The van der Waals surface area contributed by atoms with E-state index in [1.807, 2.05) is 30.3 Å². The van der Waals surface area contributed by atoms with Gasteiger partial charge in [-0.25, -0.2) is 0 Å². The van der Waals surface area contributed by atoms with Crippen LogP contribution in [0.5, 0.6) is 0 Å². The van der Waals surface area contributed by atoms with E-state index in [1.165, 1.54) is 12.3 Å². The lowest BCUT2D eigenvalue weighted by atomic mass is 10.1. The fourth-order valence-electron chi connectivity index (χ4n) is 2.03. The number of carbonyl (C=O) groups excluding carboxylic acids is 1. The zero-order chi connectivity index (χ0) is 15.1. The van der Waals surface area contributed by atoms with Gasteiger partial charge in [-0.15, -0.1) is 0 Å². The molecule has 4 nitrogen and oxygen atoms in total. The van der Waals surface area contributed by atoms with Gasteiger partial charge in [-0.05, 0) is 24.1 Å². The highest BCUT2D eigenvalue weighted by Crippen LogP contribution is 2.11. The molecule has 5 heteroatoms. The fraction of sp³-hybridized carbons (Fsp3) is 0.250. The molecule has 1 aromatic carbocycles. The molecule has 0 saturated heterocycles. The van der Waals surface area contributed by atoms with Crippen LogP contribution in [0, 0.1) is 0 Å². The number of hydrogen-bond acceptors (Lipinski definition) is 3. The number of carbonyl (C=O) groups is 1. The first kappa shape index (κ1) is 15.5. The number of benzene rings is 1. The van der Waals surface area contributed by atoms with Gasteiger partial charge in [0.25, 0.3) is 5.91 Å². The number of amides is 1. The van der Waals surface area contributed by atoms with Crippen LogP contribution in [0.1, 0.15) is 16.1 Å². The molecule has 21 heavy (non-hydrogen) atoms. The minimum absolute atomic E-state index is 0.0822. The summed E-state index contributed by atoms with van der Waals surface area (Å²) in [5.74, 6) is -0.220. The van der Waals surface area contributed by atoms with E-state index in [0.717, 1.165) is 12.0 Å². The maximum Gasteiger partial charge on any atom is 0.272 e. The maximum atomic E-state index is 12.4. The minimum Gasteiger partial charge on any atom is -0.395 e. The van der Waals surface area contributed by atoms with E-state index in [0.29, 0.717) is 17.3 Å². The standard InChI is InChI=1S/C16H17ClN2O2/c17-14-6-8-18-15(12-14)16(21)19(10-11-20)9-7-13-4-2-1-3-5-13/h1-6,8,12,20H,7,9-11H2. The zero-order valence-corrected chi connectivity index (χ0v) is 12.3. The molecule has 0 unspecified atom stereocenters. The van der Waals surface area contributed by atoms with Gasteiger partial charge in [-0.2, -0.15) is 0 Å². The number of nitrogens with zero attached hydrogens (tertiary/aromatic N) is 2. The van der Waals surface area contributed by atoms with Crippen LogP contribution in [0.25, 0.3) is 0 Å². The molecule has 0 aliphatic carbocycles. The average Bonchev–Trinajstić information content (AvgIpc) is 2.52. The number of hydrogen-bond donors (Lipinski definition) is 1. The second kappa shape index (κ2) is 7.76. The molecule has 1 amide bonds. The topological polar surface area (TPSA) is 53.4 Å². The summed E-state index contributed by atoms with van der Waals surface area (Å²) in [5.41, 5.74) is 1.44. The normalized spacial score (nSPS) is 10.4. The van der Waals surface area contributed by atoms with E-state index in [4.69, 9.17) is 16.7 Å². The second-order valence-electron chi connectivity index (χ2n) is 4.61. The van der Waals surface area contributed by atoms with E-state index < -0.39 is 0 Å². The van der Waals surface area contributed by atoms with Crippen molar-refractivity contribution >= 4 is 17.5 Å². The van der Waals surface area contributed by atoms with Crippen LogP contribution in [0.3, 0.4) is 0 Å². The van der Waals surface area contributed by atoms with Crippen LogP contribution in [0.4, 0.5) is 0 Å². The molecule has 0 radical (unpaired) electrons. The Hall–Kier alpha value is -1.91. The molecule has 1 heterocycles. The molecular formula is C16H17ClN2O2. The summed E-state index contributed by atoms with van der Waals surface area (Å²) in [6.07, 6.45) is 2.23. The van der Waals surface area contributed by atoms with Crippen LogP contribution in [-0.2, 0) is 6.42 Å². The van der Waals surface area contributed by atoms with Gasteiger partial charge in [0.2, 0.25) is 0 Å². The van der Waals surface area contributed by atoms with Gasteiger partial charge < -0.3 is 10.0 Å². The summed E-state index contributed by atoms with van der Waals surface area (Å²) in [4.78, 5) is 18.0. The minimum atomic E-state index is -0.220. The van der Waals surface area contributed by atoms with Crippen molar-refractivity contribution in [3.8, 4) is 0 Å². The molecule has 110 valence electrons. The zero-order valence-electron chi connectivity index (χ0n) is 11.6. The van der Waals surface area contributed by atoms with Crippen molar-refractivity contribution in [3.63, 3.8) is 0 Å². The molecular weight excluding hydrogens is 288 g/mol. The van der Waals surface area contributed by atoms with Crippen molar-refractivity contribution in [2.24, 2.45) is 0 Å². The Labute approximate surface area is 129 Å². The van der Waals surface area contributed by atoms with E-state index >= 15 is 0 Å². The van der Waals surface area contributed by atoms with Gasteiger partial charge >= 0.3 is 0 Å². The lowest BCUT2D eigenvalue weighted by Gasteiger charge is -2.21. The Kier molecular flexibility index (Phi) is 5.72. The average molecular weight is 305 g/mol. The van der Waals surface area contributed by atoms with Crippen LogP contribution in [-0.4, -0.2) is 40.6 Å². The Morgan fingerprint density at radius 2 is 1.95 bits per heavy atom. The summed E-state index contributed by atoms with van der Waals surface area (Å²) < 4.78 is 0. The van der Waals surface area contributed by atoms with E-state index in [2.05, 4.69) is 4.98 Å². The van der Waals surface area contributed by atoms with Crippen molar-refractivity contribution in [1.29, 1.82) is 0 Å². The quantitative estimate of drug-likeness (QED) is 0.891. The third-order valence-electron chi connectivity index (χ3n) is 3.11. The molecule has 0 fully saturated rings. The summed E-state index contributed by atoms with van der Waals surface area (Å²) >= 11 is 5.88. The van der Waals surface area contributed by atoms with Gasteiger partial charge in [0.15, 0.2) is 0 Å². The lowest BCUT2D eigenvalue weighted by Crippen LogP contribution is -2.35. The SMILES string of the molecule is O=C(c1cc(Cl)ccn1)N(CCO)CCc1ccccc1. The highest BCUT2D eigenvalue weighted by Gasteiger charge is 2.16. The van der Waals surface area contributed by atoms with Gasteiger partial charge in [-0.3, -0.25) is 9.78 Å². The molecule has 0 atom stereocenters.